The molecule has 0 bridgehead atoms. The molecule has 23 heavy (non-hydrogen) atoms. The van der Waals surface area contributed by atoms with E-state index in [1.807, 2.05) is 31.2 Å². The summed E-state index contributed by atoms with van der Waals surface area (Å²) in [6.07, 6.45) is 1.49. The third kappa shape index (κ3) is 3.84. The summed E-state index contributed by atoms with van der Waals surface area (Å²) >= 11 is 3.38. The molecule has 0 radical (unpaired) electrons. The van der Waals surface area contributed by atoms with Gasteiger partial charge in [-0.3, -0.25) is 4.98 Å². The Labute approximate surface area is 141 Å². The Kier molecular flexibility index (Phi) is 4.52. The monoisotopic (exact) mass is 372 g/mol. The summed E-state index contributed by atoms with van der Waals surface area (Å²) in [5, 5.41) is 3.98. The Hall–Kier alpha value is -2.47. The molecule has 2 aromatic heterocycles. The molecule has 0 aliphatic heterocycles. The smallest absolute Gasteiger partial charge is 0.340 e. The zero-order valence-electron chi connectivity index (χ0n) is 12.3. The summed E-state index contributed by atoms with van der Waals surface area (Å²) in [5.41, 5.74) is 2.87. The number of pyridine rings is 1. The number of esters is 1. The predicted octanol–water partition coefficient (Wildman–Crippen LogP) is 4.16. The van der Waals surface area contributed by atoms with Crippen molar-refractivity contribution in [1.29, 1.82) is 0 Å². The maximum Gasteiger partial charge on any atom is 0.340 e. The number of carbonyl (C=O) groups is 1. The highest BCUT2D eigenvalue weighted by Gasteiger charge is 2.11. The van der Waals surface area contributed by atoms with E-state index in [-0.39, 0.29) is 6.61 Å². The first-order valence-corrected chi connectivity index (χ1v) is 7.72. The molecule has 0 fully saturated rings. The molecule has 1 aromatic carbocycles. The van der Waals surface area contributed by atoms with E-state index in [0.29, 0.717) is 17.0 Å². The summed E-state index contributed by atoms with van der Waals surface area (Å²) in [6.45, 7) is 1.88. The number of halogens is 1. The molecule has 3 aromatic rings. The highest BCUT2D eigenvalue weighted by Crippen LogP contribution is 2.22. The molecule has 0 saturated heterocycles. The fourth-order valence-corrected chi connectivity index (χ4v) is 2.21. The molecule has 0 atom stereocenters. The second-order valence-electron chi connectivity index (χ2n) is 4.95. The van der Waals surface area contributed by atoms with E-state index in [9.17, 15) is 4.79 Å². The number of hydrogen-bond acceptors (Lipinski definition) is 5. The van der Waals surface area contributed by atoms with Crippen molar-refractivity contribution in [1.82, 2.24) is 10.1 Å². The van der Waals surface area contributed by atoms with E-state index in [1.165, 1.54) is 6.20 Å². The van der Waals surface area contributed by atoms with E-state index in [1.54, 1.807) is 18.2 Å². The van der Waals surface area contributed by atoms with Crippen LogP contribution in [0, 0.1) is 6.92 Å². The van der Waals surface area contributed by atoms with E-state index in [4.69, 9.17) is 9.26 Å². The maximum absolute atomic E-state index is 11.9. The molecule has 6 heteroatoms. The number of aromatic nitrogens is 2. The van der Waals surface area contributed by atoms with Gasteiger partial charge in [-0.25, -0.2) is 4.79 Å². The van der Waals surface area contributed by atoms with E-state index < -0.39 is 5.97 Å². The Morgan fingerprint density at radius 1 is 1.22 bits per heavy atom. The van der Waals surface area contributed by atoms with Gasteiger partial charge in [-0.15, -0.1) is 0 Å². The number of benzene rings is 1. The van der Waals surface area contributed by atoms with Crippen LogP contribution >= 0.6 is 15.9 Å². The fourth-order valence-electron chi connectivity index (χ4n) is 1.95. The summed E-state index contributed by atoms with van der Waals surface area (Å²) in [5.74, 6) is 0.0374. The van der Waals surface area contributed by atoms with Crippen LogP contribution in [-0.2, 0) is 11.3 Å². The Balaban J connectivity index is 1.64. The second-order valence-corrected chi connectivity index (χ2v) is 5.87. The van der Waals surface area contributed by atoms with Gasteiger partial charge >= 0.3 is 5.97 Å². The van der Waals surface area contributed by atoms with Crippen LogP contribution in [0.25, 0.3) is 11.3 Å². The van der Waals surface area contributed by atoms with Crippen LogP contribution in [0.4, 0.5) is 0 Å². The Morgan fingerprint density at radius 2 is 2.00 bits per heavy atom. The molecule has 3 rings (SSSR count). The Morgan fingerprint density at radius 3 is 2.70 bits per heavy atom. The summed E-state index contributed by atoms with van der Waals surface area (Å²) in [7, 11) is 0. The van der Waals surface area contributed by atoms with Gasteiger partial charge in [0.15, 0.2) is 12.4 Å². The van der Waals surface area contributed by atoms with Gasteiger partial charge in [0, 0.05) is 28.0 Å². The molecular weight excluding hydrogens is 360 g/mol. The van der Waals surface area contributed by atoms with Gasteiger partial charge in [0.05, 0.1) is 5.56 Å². The number of nitrogens with zero attached hydrogens (tertiary/aromatic N) is 2. The zero-order chi connectivity index (χ0) is 16.2. The lowest BCUT2D eigenvalue weighted by Crippen LogP contribution is -2.05. The first-order valence-electron chi connectivity index (χ1n) is 6.93. The largest absolute Gasteiger partial charge is 0.454 e. The minimum absolute atomic E-state index is 0.0240. The lowest BCUT2D eigenvalue weighted by atomic mass is 10.1. The third-order valence-corrected chi connectivity index (χ3v) is 3.72. The molecule has 5 nitrogen and oxygen atoms in total. The third-order valence-electron chi connectivity index (χ3n) is 3.19. The number of rotatable bonds is 4. The molecule has 0 saturated carbocycles. The standard InChI is InChI=1S/C17H13BrN2O3/c1-11-2-3-13(9-19-11)17(21)22-10-15-8-16(20-23-15)12-4-6-14(18)7-5-12/h2-9H,10H2,1H3. The minimum Gasteiger partial charge on any atom is -0.454 e. The first-order chi connectivity index (χ1) is 11.1. The lowest BCUT2D eigenvalue weighted by Gasteiger charge is -2.02. The van der Waals surface area contributed by atoms with Crippen LogP contribution < -0.4 is 0 Å². The van der Waals surface area contributed by atoms with Gasteiger partial charge < -0.3 is 9.26 Å². The maximum atomic E-state index is 11.9. The van der Waals surface area contributed by atoms with Crippen LogP contribution in [0.15, 0.2) is 57.7 Å². The van der Waals surface area contributed by atoms with Crippen molar-refractivity contribution in [2.75, 3.05) is 0 Å². The number of aryl methyl sites for hydroxylation is 1. The predicted molar refractivity (Wildman–Crippen MR) is 87.7 cm³/mol. The lowest BCUT2D eigenvalue weighted by molar-refractivity contribution is 0.0437. The van der Waals surface area contributed by atoms with Crippen molar-refractivity contribution < 1.29 is 14.1 Å². The van der Waals surface area contributed by atoms with Gasteiger partial charge in [0.2, 0.25) is 0 Å². The van der Waals surface area contributed by atoms with Gasteiger partial charge in [0.25, 0.3) is 0 Å². The molecule has 0 aliphatic rings. The average molecular weight is 373 g/mol. The highest BCUT2D eigenvalue weighted by molar-refractivity contribution is 9.10. The second kappa shape index (κ2) is 6.75. The topological polar surface area (TPSA) is 65.2 Å². The van der Waals surface area contributed by atoms with Crippen molar-refractivity contribution in [2.45, 2.75) is 13.5 Å². The molecule has 0 spiro atoms. The van der Waals surface area contributed by atoms with Crippen LogP contribution in [0.2, 0.25) is 0 Å². The van der Waals surface area contributed by atoms with Crippen molar-refractivity contribution >= 4 is 21.9 Å². The number of carbonyl (C=O) groups excluding carboxylic acids is 1. The normalized spacial score (nSPS) is 10.5. The van der Waals surface area contributed by atoms with E-state index in [2.05, 4.69) is 26.1 Å². The van der Waals surface area contributed by atoms with Gasteiger partial charge in [-0.1, -0.05) is 33.2 Å². The van der Waals surface area contributed by atoms with Crippen molar-refractivity contribution in [3.63, 3.8) is 0 Å². The van der Waals surface area contributed by atoms with E-state index in [0.717, 1.165) is 15.7 Å². The first kappa shape index (κ1) is 15.4. The van der Waals surface area contributed by atoms with Crippen molar-refractivity contribution in [3.05, 3.63) is 70.2 Å². The van der Waals surface area contributed by atoms with Crippen molar-refractivity contribution in [3.8, 4) is 11.3 Å². The number of hydrogen-bond donors (Lipinski definition) is 0. The van der Waals surface area contributed by atoms with E-state index >= 15 is 0 Å². The molecule has 116 valence electrons. The summed E-state index contributed by atoms with van der Waals surface area (Å²) < 4.78 is 11.4. The minimum atomic E-state index is -0.445. The van der Waals surface area contributed by atoms with Crippen LogP contribution in [0.5, 0.6) is 0 Å². The average Bonchev–Trinajstić information content (AvgIpc) is 3.03. The number of ether oxygens (including phenoxy) is 1. The molecule has 2 heterocycles. The summed E-state index contributed by atoms with van der Waals surface area (Å²) in [4.78, 5) is 16.0. The molecule has 0 unspecified atom stereocenters. The van der Waals surface area contributed by atoms with Gasteiger partial charge in [-0.2, -0.15) is 0 Å². The van der Waals surface area contributed by atoms with Crippen molar-refractivity contribution in [2.24, 2.45) is 0 Å². The quantitative estimate of drug-likeness (QED) is 0.643. The SMILES string of the molecule is Cc1ccc(C(=O)OCc2cc(-c3ccc(Br)cc3)no2)cn1. The molecular formula is C17H13BrN2O3. The zero-order valence-corrected chi connectivity index (χ0v) is 13.9. The van der Waals surface area contributed by atoms with Gasteiger partial charge in [0.1, 0.15) is 5.69 Å². The van der Waals surface area contributed by atoms with Crippen LogP contribution in [-0.4, -0.2) is 16.1 Å². The van der Waals surface area contributed by atoms with Crippen LogP contribution in [0.3, 0.4) is 0 Å². The molecule has 0 aliphatic carbocycles. The fraction of sp³-hybridized carbons (Fsp3) is 0.118. The molecule has 0 N–H and O–H groups in total. The highest BCUT2D eigenvalue weighted by atomic mass is 79.9. The Bertz CT molecular complexity index is 811. The van der Waals surface area contributed by atoms with Crippen LogP contribution in [0.1, 0.15) is 21.8 Å². The molecule has 0 amide bonds. The van der Waals surface area contributed by atoms with Gasteiger partial charge in [-0.05, 0) is 31.2 Å². The summed E-state index contributed by atoms with van der Waals surface area (Å²) in [6, 6.07) is 12.9.